The monoisotopic (exact) mass is 283 g/mol. The second-order valence-corrected chi connectivity index (χ2v) is 4.85. The molecular formula is C17H17NO3. The number of aliphatic carboxylic acids is 1. The summed E-state index contributed by atoms with van der Waals surface area (Å²) in [6.45, 7) is 1.59. The van der Waals surface area contributed by atoms with Crippen molar-refractivity contribution in [3.63, 3.8) is 0 Å². The average Bonchev–Trinajstić information content (AvgIpc) is 2.53. The summed E-state index contributed by atoms with van der Waals surface area (Å²) in [5.74, 6) is -1.95. The molecule has 0 aromatic heterocycles. The van der Waals surface area contributed by atoms with E-state index >= 15 is 0 Å². The Balaban J connectivity index is 2.25. The summed E-state index contributed by atoms with van der Waals surface area (Å²) in [7, 11) is 0. The molecule has 0 aliphatic rings. The van der Waals surface area contributed by atoms with Gasteiger partial charge in [-0.05, 0) is 24.6 Å². The van der Waals surface area contributed by atoms with E-state index in [1.54, 1.807) is 31.2 Å². The van der Waals surface area contributed by atoms with E-state index in [0.29, 0.717) is 5.56 Å². The van der Waals surface area contributed by atoms with E-state index in [9.17, 15) is 14.7 Å². The summed E-state index contributed by atoms with van der Waals surface area (Å²) in [6, 6.07) is 17.3. The van der Waals surface area contributed by atoms with Crippen LogP contribution in [0.5, 0.6) is 0 Å². The van der Waals surface area contributed by atoms with Crippen LogP contribution in [0.15, 0.2) is 60.7 Å². The predicted octanol–water partition coefficient (Wildman–Crippen LogP) is 2.88. The zero-order valence-corrected chi connectivity index (χ0v) is 11.7. The Morgan fingerprint density at radius 1 is 0.952 bits per heavy atom. The largest absolute Gasteiger partial charge is 0.481 e. The van der Waals surface area contributed by atoms with Crippen LogP contribution in [0.25, 0.3) is 0 Å². The van der Waals surface area contributed by atoms with Gasteiger partial charge in [-0.3, -0.25) is 9.59 Å². The molecule has 0 saturated carbocycles. The van der Waals surface area contributed by atoms with Crippen LogP contribution >= 0.6 is 0 Å². The minimum atomic E-state index is -0.947. The zero-order valence-electron chi connectivity index (χ0n) is 11.7. The zero-order chi connectivity index (χ0) is 15.2. The first-order valence-corrected chi connectivity index (χ1v) is 6.73. The van der Waals surface area contributed by atoms with Crippen LogP contribution in [0, 0.1) is 5.92 Å². The number of amides is 1. The summed E-state index contributed by atoms with van der Waals surface area (Å²) in [5, 5.41) is 12.1. The minimum absolute atomic E-state index is 0.280. The maximum absolute atomic E-state index is 12.3. The molecule has 2 aromatic rings. The van der Waals surface area contributed by atoms with Gasteiger partial charge >= 0.3 is 5.97 Å². The Morgan fingerprint density at radius 2 is 1.48 bits per heavy atom. The summed E-state index contributed by atoms with van der Waals surface area (Å²) >= 11 is 0. The standard InChI is InChI=1S/C17H17NO3/c1-12(17(20)21)15(13-8-4-2-5-9-13)18-16(19)14-10-6-3-7-11-14/h2-12,15H,1H3,(H,18,19)(H,20,21). The number of carbonyl (C=O) groups is 2. The third-order valence-electron chi connectivity index (χ3n) is 3.37. The molecule has 2 N–H and O–H groups in total. The van der Waals surface area contributed by atoms with Crippen LogP contribution in [-0.2, 0) is 4.79 Å². The van der Waals surface area contributed by atoms with Crippen molar-refractivity contribution in [2.75, 3.05) is 0 Å². The lowest BCUT2D eigenvalue weighted by molar-refractivity contribution is -0.142. The molecule has 0 fully saturated rings. The lowest BCUT2D eigenvalue weighted by Crippen LogP contribution is -2.35. The topological polar surface area (TPSA) is 66.4 Å². The van der Waals surface area contributed by atoms with Gasteiger partial charge in [-0.2, -0.15) is 0 Å². The molecule has 2 aromatic carbocycles. The third kappa shape index (κ3) is 3.69. The quantitative estimate of drug-likeness (QED) is 0.886. The van der Waals surface area contributed by atoms with Gasteiger partial charge < -0.3 is 10.4 Å². The number of carboxylic acids is 1. The Hall–Kier alpha value is -2.62. The van der Waals surface area contributed by atoms with Gasteiger partial charge in [-0.1, -0.05) is 48.5 Å². The van der Waals surface area contributed by atoms with Crippen molar-refractivity contribution in [3.05, 3.63) is 71.8 Å². The average molecular weight is 283 g/mol. The normalized spacial score (nSPS) is 13.2. The molecule has 4 nitrogen and oxygen atoms in total. The SMILES string of the molecule is CC(C(=O)O)C(NC(=O)c1ccccc1)c1ccccc1. The Kier molecular flexibility index (Phi) is 4.72. The van der Waals surface area contributed by atoms with E-state index in [1.807, 2.05) is 36.4 Å². The van der Waals surface area contributed by atoms with Crippen molar-refractivity contribution < 1.29 is 14.7 Å². The smallest absolute Gasteiger partial charge is 0.308 e. The van der Waals surface area contributed by atoms with Crippen molar-refractivity contribution in [2.24, 2.45) is 5.92 Å². The highest BCUT2D eigenvalue weighted by molar-refractivity contribution is 5.94. The van der Waals surface area contributed by atoms with Crippen LogP contribution in [-0.4, -0.2) is 17.0 Å². The van der Waals surface area contributed by atoms with Crippen molar-refractivity contribution in [3.8, 4) is 0 Å². The first-order chi connectivity index (χ1) is 10.1. The molecule has 108 valence electrons. The van der Waals surface area contributed by atoms with Gasteiger partial charge in [-0.25, -0.2) is 0 Å². The molecule has 2 atom stereocenters. The second-order valence-electron chi connectivity index (χ2n) is 4.85. The van der Waals surface area contributed by atoms with E-state index in [0.717, 1.165) is 5.56 Å². The fourth-order valence-electron chi connectivity index (χ4n) is 2.11. The van der Waals surface area contributed by atoms with Gasteiger partial charge in [0.15, 0.2) is 0 Å². The number of hydrogen-bond acceptors (Lipinski definition) is 2. The Bertz CT molecular complexity index is 610. The summed E-state index contributed by atoms with van der Waals surface area (Å²) in [4.78, 5) is 23.5. The predicted molar refractivity (Wildman–Crippen MR) is 79.9 cm³/mol. The van der Waals surface area contributed by atoms with E-state index in [2.05, 4.69) is 5.32 Å². The second kappa shape index (κ2) is 6.70. The molecule has 4 heteroatoms. The minimum Gasteiger partial charge on any atom is -0.481 e. The Morgan fingerprint density at radius 3 is 2.00 bits per heavy atom. The highest BCUT2D eigenvalue weighted by atomic mass is 16.4. The van der Waals surface area contributed by atoms with E-state index < -0.39 is 17.9 Å². The summed E-state index contributed by atoms with van der Waals surface area (Å²) < 4.78 is 0. The van der Waals surface area contributed by atoms with Gasteiger partial charge in [0.05, 0.1) is 12.0 Å². The maximum atomic E-state index is 12.3. The number of rotatable bonds is 5. The fraction of sp³-hybridized carbons (Fsp3) is 0.176. The van der Waals surface area contributed by atoms with Crippen LogP contribution in [0.2, 0.25) is 0 Å². The number of nitrogens with one attached hydrogen (secondary N) is 1. The molecule has 1 amide bonds. The molecule has 0 aliphatic carbocycles. The molecule has 0 bridgehead atoms. The van der Waals surface area contributed by atoms with Crippen molar-refractivity contribution in [1.82, 2.24) is 5.32 Å². The molecule has 0 saturated heterocycles. The summed E-state index contributed by atoms with van der Waals surface area (Å²) in [5.41, 5.74) is 1.28. The van der Waals surface area contributed by atoms with Crippen LogP contribution in [0.3, 0.4) is 0 Å². The molecule has 0 aliphatic heterocycles. The third-order valence-corrected chi connectivity index (χ3v) is 3.37. The molecule has 2 unspecified atom stereocenters. The number of benzene rings is 2. The fourth-order valence-corrected chi connectivity index (χ4v) is 2.11. The van der Waals surface area contributed by atoms with E-state index in [-0.39, 0.29) is 5.91 Å². The van der Waals surface area contributed by atoms with Gasteiger partial charge in [0.2, 0.25) is 0 Å². The number of hydrogen-bond donors (Lipinski definition) is 2. The highest BCUT2D eigenvalue weighted by Gasteiger charge is 2.26. The molecule has 0 heterocycles. The summed E-state index contributed by atoms with van der Waals surface area (Å²) in [6.07, 6.45) is 0. The molecule has 0 radical (unpaired) electrons. The lowest BCUT2D eigenvalue weighted by Gasteiger charge is -2.23. The van der Waals surface area contributed by atoms with Gasteiger partial charge in [0, 0.05) is 5.56 Å². The van der Waals surface area contributed by atoms with Crippen molar-refractivity contribution >= 4 is 11.9 Å². The van der Waals surface area contributed by atoms with Crippen LogP contribution in [0.4, 0.5) is 0 Å². The molecule has 0 spiro atoms. The molecule has 2 rings (SSSR count). The van der Waals surface area contributed by atoms with Gasteiger partial charge in [0.1, 0.15) is 0 Å². The van der Waals surface area contributed by atoms with Gasteiger partial charge in [0.25, 0.3) is 5.91 Å². The van der Waals surface area contributed by atoms with E-state index in [4.69, 9.17) is 0 Å². The molecule has 21 heavy (non-hydrogen) atoms. The van der Waals surface area contributed by atoms with Crippen LogP contribution < -0.4 is 5.32 Å². The van der Waals surface area contributed by atoms with Crippen molar-refractivity contribution in [1.29, 1.82) is 0 Å². The Labute approximate surface area is 123 Å². The number of carboxylic acid groups (broad SMARTS) is 1. The number of carbonyl (C=O) groups excluding carboxylic acids is 1. The van der Waals surface area contributed by atoms with E-state index in [1.165, 1.54) is 0 Å². The first-order valence-electron chi connectivity index (χ1n) is 6.73. The first kappa shape index (κ1) is 14.8. The molecular weight excluding hydrogens is 266 g/mol. The highest BCUT2D eigenvalue weighted by Crippen LogP contribution is 2.22. The lowest BCUT2D eigenvalue weighted by atomic mass is 9.94. The van der Waals surface area contributed by atoms with Crippen molar-refractivity contribution in [2.45, 2.75) is 13.0 Å². The maximum Gasteiger partial charge on any atom is 0.308 e. The van der Waals surface area contributed by atoms with Gasteiger partial charge in [-0.15, -0.1) is 0 Å². The van der Waals surface area contributed by atoms with Crippen LogP contribution in [0.1, 0.15) is 28.9 Å².